The van der Waals surface area contributed by atoms with Crippen molar-refractivity contribution in [3.63, 3.8) is 0 Å². The van der Waals surface area contributed by atoms with Gasteiger partial charge < -0.3 is 15.7 Å². The van der Waals surface area contributed by atoms with Crippen LogP contribution in [-0.4, -0.2) is 45.1 Å². The molecule has 3 N–H and O–H groups in total. The highest BCUT2D eigenvalue weighted by atomic mass is 32.2. The number of carbonyl (C=O) groups is 1. The van der Waals surface area contributed by atoms with Gasteiger partial charge in [-0.15, -0.1) is 0 Å². The van der Waals surface area contributed by atoms with Crippen molar-refractivity contribution in [3.05, 3.63) is 23.8 Å². The first-order valence-electron chi connectivity index (χ1n) is 5.22. The van der Waals surface area contributed by atoms with Crippen molar-refractivity contribution < 1.29 is 18.3 Å². The van der Waals surface area contributed by atoms with Crippen molar-refractivity contribution in [2.75, 3.05) is 36.2 Å². The van der Waals surface area contributed by atoms with Crippen LogP contribution in [0.25, 0.3) is 0 Å². The zero-order valence-electron chi connectivity index (χ0n) is 10.3. The molecule has 0 aromatic heterocycles. The van der Waals surface area contributed by atoms with Crippen molar-refractivity contribution >= 4 is 27.2 Å². The second-order valence-electron chi connectivity index (χ2n) is 4.13. The molecule has 0 atom stereocenters. The summed E-state index contributed by atoms with van der Waals surface area (Å²) in [6, 6.07) is 4.36. The molecular formula is C11H16N2O4S. The minimum atomic E-state index is -3.04. The zero-order chi connectivity index (χ0) is 13.9. The Morgan fingerprint density at radius 2 is 2.06 bits per heavy atom. The summed E-state index contributed by atoms with van der Waals surface area (Å²) in [5.41, 5.74) is 6.77. The fourth-order valence-electron chi connectivity index (χ4n) is 1.46. The molecule has 0 aliphatic rings. The second kappa shape index (κ2) is 5.26. The normalized spacial score (nSPS) is 11.2. The van der Waals surface area contributed by atoms with E-state index in [9.17, 15) is 13.2 Å². The lowest BCUT2D eigenvalue weighted by Gasteiger charge is -2.20. The molecule has 0 radical (unpaired) electrons. The van der Waals surface area contributed by atoms with E-state index in [2.05, 4.69) is 0 Å². The largest absolute Gasteiger partial charge is 0.478 e. The molecule has 100 valence electrons. The standard InChI is InChI=1S/C11H16N2O4S/c1-13(5-6-18(2,16)17)10-4-3-8(11(14)15)7-9(10)12/h3-4,7H,5-6,12H2,1-2H3,(H,14,15). The van der Waals surface area contributed by atoms with Gasteiger partial charge in [-0.1, -0.05) is 0 Å². The molecular weight excluding hydrogens is 256 g/mol. The average molecular weight is 272 g/mol. The van der Waals surface area contributed by atoms with Crippen LogP contribution in [-0.2, 0) is 9.84 Å². The van der Waals surface area contributed by atoms with Gasteiger partial charge in [-0.3, -0.25) is 0 Å². The number of hydrogen-bond acceptors (Lipinski definition) is 5. The van der Waals surface area contributed by atoms with Gasteiger partial charge in [0.15, 0.2) is 0 Å². The van der Waals surface area contributed by atoms with Gasteiger partial charge in [0.25, 0.3) is 0 Å². The van der Waals surface area contributed by atoms with E-state index in [4.69, 9.17) is 10.8 Å². The second-order valence-corrected chi connectivity index (χ2v) is 6.39. The highest BCUT2D eigenvalue weighted by Gasteiger charge is 2.11. The van der Waals surface area contributed by atoms with E-state index >= 15 is 0 Å². The fourth-order valence-corrected chi connectivity index (χ4v) is 2.06. The van der Waals surface area contributed by atoms with Crippen LogP contribution in [0.4, 0.5) is 11.4 Å². The quantitative estimate of drug-likeness (QED) is 0.755. The number of nitrogen functional groups attached to an aromatic ring is 1. The van der Waals surface area contributed by atoms with Crippen LogP contribution >= 0.6 is 0 Å². The van der Waals surface area contributed by atoms with Gasteiger partial charge >= 0.3 is 5.97 Å². The number of benzene rings is 1. The van der Waals surface area contributed by atoms with E-state index in [0.29, 0.717) is 17.9 Å². The molecule has 0 spiro atoms. The summed E-state index contributed by atoms with van der Waals surface area (Å²) >= 11 is 0. The maximum Gasteiger partial charge on any atom is 0.335 e. The average Bonchev–Trinajstić information content (AvgIpc) is 2.24. The first-order chi connectivity index (χ1) is 8.20. The Morgan fingerprint density at radius 1 is 1.44 bits per heavy atom. The van der Waals surface area contributed by atoms with Gasteiger partial charge in [0.05, 0.1) is 22.7 Å². The minimum absolute atomic E-state index is 0.0175. The van der Waals surface area contributed by atoms with E-state index in [0.717, 1.165) is 6.26 Å². The summed E-state index contributed by atoms with van der Waals surface area (Å²) in [5.74, 6) is -1.03. The highest BCUT2D eigenvalue weighted by molar-refractivity contribution is 7.90. The molecule has 0 heterocycles. The molecule has 0 saturated carbocycles. The van der Waals surface area contributed by atoms with Crippen molar-refractivity contribution in [1.82, 2.24) is 0 Å². The molecule has 18 heavy (non-hydrogen) atoms. The van der Waals surface area contributed by atoms with Crippen molar-refractivity contribution in [2.45, 2.75) is 0 Å². The van der Waals surface area contributed by atoms with E-state index in [1.54, 1.807) is 18.0 Å². The first kappa shape index (κ1) is 14.3. The summed E-state index contributed by atoms with van der Waals surface area (Å²) in [6.45, 7) is 0.301. The Morgan fingerprint density at radius 3 is 2.50 bits per heavy atom. The van der Waals surface area contributed by atoms with Gasteiger partial charge in [-0.2, -0.15) is 0 Å². The number of hydrogen-bond donors (Lipinski definition) is 2. The number of aromatic carboxylic acids is 1. The third kappa shape index (κ3) is 3.92. The van der Waals surface area contributed by atoms with Crippen LogP contribution < -0.4 is 10.6 Å². The van der Waals surface area contributed by atoms with Crippen molar-refractivity contribution in [1.29, 1.82) is 0 Å². The Labute approximate surface area is 106 Å². The molecule has 0 bridgehead atoms. The lowest BCUT2D eigenvalue weighted by molar-refractivity contribution is 0.0697. The molecule has 0 fully saturated rings. The SMILES string of the molecule is CN(CCS(C)(=O)=O)c1ccc(C(=O)O)cc1N. The number of rotatable bonds is 5. The number of nitrogens with two attached hydrogens (primary N) is 1. The van der Waals surface area contributed by atoms with Crippen LogP contribution in [0.1, 0.15) is 10.4 Å². The van der Waals surface area contributed by atoms with Gasteiger partial charge in [-0.05, 0) is 18.2 Å². The summed E-state index contributed by atoms with van der Waals surface area (Å²) < 4.78 is 22.1. The van der Waals surface area contributed by atoms with Crippen molar-refractivity contribution in [2.24, 2.45) is 0 Å². The van der Waals surface area contributed by atoms with E-state index in [1.165, 1.54) is 12.1 Å². The highest BCUT2D eigenvalue weighted by Crippen LogP contribution is 2.23. The van der Waals surface area contributed by atoms with Gasteiger partial charge in [0, 0.05) is 19.8 Å². The molecule has 1 rings (SSSR count). The number of nitrogens with zero attached hydrogens (tertiary/aromatic N) is 1. The maximum absolute atomic E-state index is 11.1. The smallest absolute Gasteiger partial charge is 0.335 e. The lowest BCUT2D eigenvalue weighted by atomic mass is 10.1. The molecule has 0 aliphatic heterocycles. The summed E-state index contributed by atoms with van der Waals surface area (Å²) in [6.07, 6.45) is 1.16. The van der Waals surface area contributed by atoms with Crippen LogP contribution in [0.3, 0.4) is 0 Å². The summed E-state index contributed by atoms with van der Waals surface area (Å²) in [5, 5.41) is 8.80. The molecule has 0 aliphatic carbocycles. The number of sulfone groups is 1. The maximum atomic E-state index is 11.1. The van der Waals surface area contributed by atoms with Gasteiger partial charge in [0.2, 0.25) is 0 Å². The summed E-state index contributed by atoms with van der Waals surface area (Å²) in [4.78, 5) is 12.4. The third-order valence-electron chi connectivity index (χ3n) is 2.48. The number of carboxylic acid groups (broad SMARTS) is 1. The lowest BCUT2D eigenvalue weighted by Crippen LogP contribution is -2.25. The third-order valence-corrected chi connectivity index (χ3v) is 3.41. The monoisotopic (exact) mass is 272 g/mol. The first-order valence-corrected chi connectivity index (χ1v) is 7.28. The zero-order valence-corrected chi connectivity index (χ0v) is 11.1. The Bertz CT molecular complexity index is 554. The minimum Gasteiger partial charge on any atom is -0.478 e. The van der Waals surface area contributed by atoms with Crippen LogP contribution in [0.15, 0.2) is 18.2 Å². The van der Waals surface area contributed by atoms with Gasteiger partial charge in [0.1, 0.15) is 9.84 Å². The molecule has 7 heteroatoms. The van der Waals surface area contributed by atoms with Gasteiger partial charge in [-0.25, -0.2) is 13.2 Å². The molecule has 0 amide bonds. The van der Waals surface area contributed by atoms with E-state index in [1.807, 2.05) is 0 Å². The van der Waals surface area contributed by atoms with Crippen LogP contribution in [0.5, 0.6) is 0 Å². The summed E-state index contributed by atoms with van der Waals surface area (Å²) in [7, 11) is -1.33. The molecule has 6 nitrogen and oxygen atoms in total. The molecule has 1 aromatic carbocycles. The topological polar surface area (TPSA) is 101 Å². The molecule has 0 saturated heterocycles. The fraction of sp³-hybridized carbons (Fsp3) is 0.364. The van der Waals surface area contributed by atoms with Crippen LogP contribution in [0, 0.1) is 0 Å². The number of anilines is 2. The molecule has 1 aromatic rings. The Kier molecular flexibility index (Phi) is 4.18. The van der Waals surface area contributed by atoms with Crippen LogP contribution in [0.2, 0.25) is 0 Å². The Hall–Kier alpha value is -1.76. The van der Waals surface area contributed by atoms with Crippen molar-refractivity contribution in [3.8, 4) is 0 Å². The Balaban J connectivity index is 2.87. The van der Waals surface area contributed by atoms with E-state index in [-0.39, 0.29) is 11.3 Å². The molecule has 0 unspecified atom stereocenters. The predicted octanol–water partition coefficient (Wildman–Crippen LogP) is 0.448. The predicted molar refractivity (Wildman–Crippen MR) is 70.8 cm³/mol. The van der Waals surface area contributed by atoms with E-state index < -0.39 is 15.8 Å². The number of carboxylic acids is 1.